The van der Waals surface area contributed by atoms with Crippen LogP contribution in [0, 0.1) is 0 Å². The average Bonchev–Trinajstić information content (AvgIpc) is 2.28. The van der Waals surface area contributed by atoms with Crippen LogP contribution < -0.4 is 10.8 Å². The van der Waals surface area contributed by atoms with Gasteiger partial charge in [-0.15, -0.1) is 0 Å². The molecule has 0 aromatic heterocycles. The van der Waals surface area contributed by atoms with E-state index in [-0.39, 0.29) is 12.2 Å². The summed E-state index contributed by atoms with van der Waals surface area (Å²) >= 11 is 0. The van der Waals surface area contributed by atoms with Gasteiger partial charge in [0.1, 0.15) is 17.9 Å². The molecule has 3 N–H and O–H groups in total. The molecule has 6 nitrogen and oxygen atoms in total. The zero-order valence-corrected chi connectivity index (χ0v) is 11.8. The first-order valence-corrected chi connectivity index (χ1v) is 6.18. The van der Waals surface area contributed by atoms with Gasteiger partial charge in [0.15, 0.2) is 0 Å². The Hall–Kier alpha value is -2.24. The third-order valence-electron chi connectivity index (χ3n) is 2.35. The maximum Gasteiger partial charge on any atom is 0.242 e. The summed E-state index contributed by atoms with van der Waals surface area (Å²) in [7, 11) is 0. The van der Waals surface area contributed by atoms with Gasteiger partial charge in [-0.3, -0.25) is 9.79 Å². The molecule has 0 saturated heterocycles. The summed E-state index contributed by atoms with van der Waals surface area (Å²) in [5.74, 6) is -0.586. The van der Waals surface area contributed by atoms with Gasteiger partial charge in [0.05, 0.1) is 0 Å². The molecule has 0 radical (unpaired) electrons. The molecule has 0 aliphatic heterocycles. The molecule has 6 heteroatoms. The van der Waals surface area contributed by atoms with Crippen molar-refractivity contribution in [1.29, 1.82) is 0 Å². The number of carbonyl (C=O) groups is 1. The van der Waals surface area contributed by atoms with Crippen molar-refractivity contribution in [2.24, 2.45) is 10.7 Å². The fraction of sp³-hybridized carbons (Fsp3) is 0.429. The third kappa shape index (κ3) is 5.60. The van der Waals surface area contributed by atoms with Crippen molar-refractivity contribution in [3.8, 4) is 5.75 Å². The number of aliphatic imine (C=N–C) groups is 1. The standard InChI is InChI=1S/C14H20N2O4/c1-14(2,3)20-13(19)16-11(12(15)18)8-9-4-6-10(17)7-5-9/h4-7,11,17H,8H2,1-3H3,(H2,15,18)(H,16,19)/p-1. The minimum atomic E-state index is -0.991. The smallest absolute Gasteiger partial charge is 0.242 e. The molecule has 0 fully saturated rings. The Bertz CT molecular complexity index is 489. The molecular weight excluding hydrogens is 260 g/mol. The molecule has 0 saturated carbocycles. The summed E-state index contributed by atoms with van der Waals surface area (Å²) in [4.78, 5) is 15.0. The van der Waals surface area contributed by atoms with E-state index in [1.807, 2.05) is 0 Å². The number of aromatic hydroxyl groups is 1. The molecule has 0 aliphatic rings. The van der Waals surface area contributed by atoms with Gasteiger partial charge in [-0.1, -0.05) is 32.9 Å². The van der Waals surface area contributed by atoms with Gasteiger partial charge in [-0.2, -0.15) is 0 Å². The Balaban J connectivity index is 2.82. The molecule has 1 rings (SSSR count). The molecule has 0 heterocycles. The van der Waals surface area contributed by atoms with Crippen LogP contribution in [-0.2, 0) is 16.0 Å². The second-order valence-corrected chi connectivity index (χ2v) is 5.40. The van der Waals surface area contributed by atoms with Crippen LogP contribution in [-0.4, -0.2) is 28.7 Å². The number of nitrogens with zero attached hydrogens (tertiary/aromatic N) is 1. The van der Waals surface area contributed by atoms with Crippen molar-refractivity contribution in [2.45, 2.75) is 38.8 Å². The highest BCUT2D eigenvalue weighted by molar-refractivity contribution is 5.82. The van der Waals surface area contributed by atoms with Crippen LogP contribution in [0.1, 0.15) is 26.3 Å². The van der Waals surface area contributed by atoms with Crippen LogP contribution in [0.15, 0.2) is 29.3 Å². The monoisotopic (exact) mass is 279 g/mol. The Labute approximate surface area is 117 Å². The number of hydrogen-bond acceptors (Lipinski definition) is 5. The van der Waals surface area contributed by atoms with Crippen LogP contribution in [0.2, 0.25) is 0 Å². The minimum absolute atomic E-state index is 0.119. The van der Waals surface area contributed by atoms with E-state index < -0.39 is 23.6 Å². The third-order valence-corrected chi connectivity index (χ3v) is 2.35. The zero-order valence-electron chi connectivity index (χ0n) is 11.8. The van der Waals surface area contributed by atoms with E-state index in [1.54, 1.807) is 32.9 Å². The number of benzene rings is 1. The van der Waals surface area contributed by atoms with Crippen molar-refractivity contribution < 1.29 is 19.7 Å². The lowest BCUT2D eigenvalue weighted by molar-refractivity contribution is -0.260. The number of hydrogen-bond donors (Lipinski definition) is 2. The van der Waals surface area contributed by atoms with E-state index in [9.17, 15) is 15.0 Å². The largest absolute Gasteiger partial charge is 0.595 e. The molecule has 0 spiro atoms. The maximum atomic E-state index is 11.6. The molecule has 1 unspecified atom stereocenters. The van der Waals surface area contributed by atoms with E-state index in [0.717, 1.165) is 5.56 Å². The predicted octanol–water partition coefficient (Wildman–Crippen LogP) is 0.320. The maximum absolute atomic E-state index is 11.6. The molecule has 1 aromatic carbocycles. The highest BCUT2D eigenvalue weighted by Crippen LogP contribution is 2.13. The summed E-state index contributed by atoms with van der Waals surface area (Å²) in [5.41, 5.74) is 5.29. The second kappa shape index (κ2) is 6.27. The quantitative estimate of drug-likeness (QED) is 0.611. The van der Waals surface area contributed by atoms with E-state index in [2.05, 4.69) is 4.99 Å². The van der Waals surface area contributed by atoms with E-state index in [4.69, 9.17) is 10.5 Å². The SMILES string of the molecule is CC(C)(C)OC([O-])=NC(Cc1ccc(O)cc1)C(N)=O. The first-order chi connectivity index (χ1) is 9.17. The first-order valence-electron chi connectivity index (χ1n) is 6.18. The molecular formula is C14H19N2O4-. The molecule has 1 atom stereocenters. The van der Waals surface area contributed by atoms with E-state index >= 15 is 0 Å². The number of amides is 1. The average molecular weight is 279 g/mol. The Morgan fingerprint density at radius 2 is 1.95 bits per heavy atom. The van der Waals surface area contributed by atoms with Crippen LogP contribution in [0.3, 0.4) is 0 Å². The highest BCUT2D eigenvalue weighted by Gasteiger charge is 2.15. The number of nitrogens with two attached hydrogens (primary N) is 1. The van der Waals surface area contributed by atoms with Gasteiger partial charge in [-0.25, -0.2) is 0 Å². The number of primary amides is 1. The normalized spacial score (nSPS) is 13.8. The lowest BCUT2D eigenvalue weighted by Gasteiger charge is -2.30. The van der Waals surface area contributed by atoms with Crippen LogP contribution in [0.25, 0.3) is 0 Å². The lowest BCUT2D eigenvalue weighted by Crippen LogP contribution is -2.36. The van der Waals surface area contributed by atoms with Crippen LogP contribution >= 0.6 is 0 Å². The number of rotatable bonds is 4. The van der Waals surface area contributed by atoms with Gasteiger partial charge in [0, 0.05) is 12.0 Å². The van der Waals surface area contributed by atoms with Gasteiger partial charge >= 0.3 is 0 Å². The van der Waals surface area contributed by atoms with E-state index in [0.29, 0.717) is 0 Å². The molecule has 0 bridgehead atoms. The van der Waals surface area contributed by atoms with Gasteiger partial charge < -0.3 is 20.7 Å². The number of phenols is 1. The molecule has 110 valence electrons. The van der Waals surface area contributed by atoms with Crippen LogP contribution in [0.4, 0.5) is 0 Å². The van der Waals surface area contributed by atoms with Gasteiger partial charge in [0.25, 0.3) is 0 Å². The summed E-state index contributed by atoms with van der Waals surface area (Å²) in [6.45, 7) is 5.12. The summed E-state index contributed by atoms with van der Waals surface area (Å²) in [6, 6.07) is 5.25. The summed E-state index contributed by atoms with van der Waals surface area (Å²) in [5, 5.41) is 20.8. The summed E-state index contributed by atoms with van der Waals surface area (Å²) in [6.07, 6.45) is -0.644. The number of phenolic OH excluding ortho intramolecular Hbond substituents is 1. The molecule has 1 aromatic rings. The minimum Gasteiger partial charge on any atom is -0.595 e. The molecule has 20 heavy (non-hydrogen) atoms. The van der Waals surface area contributed by atoms with Crippen molar-refractivity contribution in [3.63, 3.8) is 0 Å². The first kappa shape index (κ1) is 15.8. The van der Waals surface area contributed by atoms with Crippen molar-refractivity contribution in [2.75, 3.05) is 0 Å². The van der Waals surface area contributed by atoms with Gasteiger partial charge in [-0.05, 0) is 17.7 Å². The topological polar surface area (TPSA) is 108 Å². The van der Waals surface area contributed by atoms with Gasteiger partial charge in [0.2, 0.25) is 5.91 Å². The van der Waals surface area contributed by atoms with Crippen molar-refractivity contribution in [3.05, 3.63) is 29.8 Å². The molecule has 1 amide bonds. The Morgan fingerprint density at radius 1 is 1.40 bits per heavy atom. The molecule has 0 aliphatic carbocycles. The zero-order chi connectivity index (χ0) is 15.3. The lowest BCUT2D eigenvalue weighted by atomic mass is 10.1. The second-order valence-electron chi connectivity index (χ2n) is 5.40. The predicted molar refractivity (Wildman–Crippen MR) is 73.1 cm³/mol. The van der Waals surface area contributed by atoms with Crippen LogP contribution in [0.5, 0.6) is 5.75 Å². The van der Waals surface area contributed by atoms with Crippen molar-refractivity contribution in [1.82, 2.24) is 0 Å². The number of carbonyl (C=O) groups excluding carboxylic acids is 1. The number of ether oxygens (including phenoxy) is 1. The Kier molecular flexibility index (Phi) is 4.96. The Morgan fingerprint density at radius 3 is 2.40 bits per heavy atom. The highest BCUT2D eigenvalue weighted by atomic mass is 16.6. The fourth-order valence-corrected chi connectivity index (χ4v) is 1.48. The van der Waals surface area contributed by atoms with Crippen molar-refractivity contribution >= 4 is 12.0 Å². The fourth-order valence-electron chi connectivity index (χ4n) is 1.48. The summed E-state index contributed by atoms with van der Waals surface area (Å²) < 4.78 is 5.02. The van der Waals surface area contributed by atoms with E-state index in [1.165, 1.54) is 12.1 Å².